The molecule has 2 unspecified atom stereocenters. The maximum Gasteiger partial charge on any atom is 0.258 e. The van der Waals surface area contributed by atoms with Crippen molar-refractivity contribution in [2.24, 2.45) is 5.73 Å². The van der Waals surface area contributed by atoms with Gasteiger partial charge in [-0.2, -0.15) is 0 Å². The third-order valence-electron chi connectivity index (χ3n) is 2.39. The van der Waals surface area contributed by atoms with E-state index in [4.69, 9.17) is 10.5 Å². The summed E-state index contributed by atoms with van der Waals surface area (Å²) < 4.78 is 18.7. The van der Waals surface area contributed by atoms with Crippen LogP contribution in [0.1, 0.15) is 31.9 Å². The molecule has 0 spiro atoms. The number of primary amides is 1. The molecule has 0 aromatic heterocycles. The smallest absolute Gasteiger partial charge is 0.258 e. The zero-order valence-corrected chi connectivity index (χ0v) is 9.81. The summed E-state index contributed by atoms with van der Waals surface area (Å²) in [4.78, 5) is 11.0. The molecule has 1 aromatic rings. The Bertz CT molecular complexity index is 407. The summed E-state index contributed by atoms with van der Waals surface area (Å²) in [6.07, 6.45) is -1.25. The van der Waals surface area contributed by atoms with E-state index in [-0.39, 0.29) is 11.3 Å². The van der Waals surface area contributed by atoms with Crippen LogP contribution in [-0.2, 0) is 4.79 Å². The molecule has 1 amide bonds. The number of carbonyl (C=O) groups excluding carboxylic acids is 1. The first-order valence-electron chi connectivity index (χ1n) is 5.39. The van der Waals surface area contributed by atoms with E-state index >= 15 is 0 Å². The van der Waals surface area contributed by atoms with Crippen LogP contribution in [0.25, 0.3) is 0 Å². The number of benzene rings is 1. The third-order valence-corrected chi connectivity index (χ3v) is 2.39. The van der Waals surface area contributed by atoms with E-state index in [0.29, 0.717) is 6.42 Å². The fourth-order valence-electron chi connectivity index (χ4n) is 1.43. The molecule has 2 atom stereocenters. The van der Waals surface area contributed by atoms with Gasteiger partial charge in [0.05, 0.1) is 6.10 Å². The van der Waals surface area contributed by atoms with Gasteiger partial charge < -0.3 is 15.6 Å². The number of halogens is 1. The lowest BCUT2D eigenvalue weighted by molar-refractivity contribution is -0.124. The minimum absolute atomic E-state index is 0.185. The molecule has 0 aliphatic carbocycles. The van der Waals surface area contributed by atoms with Crippen molar-refractivity contribution in [1.82, 2.24) is 0 Å². The standard InChI is InChI=1S/C12H16FNO3/c1-3-11(12(14)16)17-8-4-5-9(7(2)15)10(13)6-8/h4-7,11,15H,3H2,1-2H3,(H2,14,16). The van der Waals surface area contributed by atoms with Gasteiger partial charge in [0.25, 0.3) is 5.91 Å². The van der Waals surface area contributed by atoms with Gasteiger partial charge in [-0.15, -0.1) is 0 Å². The number of rotatable bonds is 5. The minimum atomic E-state index is -0.887. The fourth-order valence-corrected chi connectivity index (χ4v) is 1.43. The van der Waals surface area contributed by atoms with E-state index < -0.39 is 23.9 Å². The number of carbonyl (C=O) groups is 1. The summed E-state index contributed by atoms with van der Waals surface area (Å²) in [5, 5.41) is 9.26. The zero-order valence-electron chi connectivity index (χ0n) is 9.81. The Morgan fingerprint density at radius 2 is 2.24 bits per heavy atom. The van der Waals surface area contributed by atoms with Crippen molar-refractivity contribution >= 4 is 5.91 Å². The molecule has 0 heterocycles. The van der Waals surface area contributed by atoms with Crippen molar-refractivity contribution in [3.05, 3.63) is 29.6 Å². The van der Waals surface area contributed by atoms with Crippen LogP contribution in [0.2, 0.25) is 0 Å². The summed E-state index contributed by atoms with van der Waals surface area (Å²) >= 11 is 0. The van der Waals surface area contributed by atoms with Crippen LogP contribution in [0.15, 0.2) is 18.2 Å². The molecule has 0 aliphatic rings. The minimum Gasteiger partial charge on any atom is -0.481 e. The third kappa shape index (κ3) is 3.42. The highest BCUT2D eigenvalue weighted by Crippen LogP contribution is 2.22. The molecule has 17 heavy (non-hydrogen) atoms. The van der Waals surface area contributed by atoms with Gasteiger partial charge in [0.15, 0.2) is 6.10 Å². The van der Waals surface area contributed by atoms with Gasteiger partial charge in [0.1, 0.15) is 11.6 Å². The van der Waals surface area contributed by atoms with Crippen molar-refractivity contribution in [2.75, 3.05) is 0 Å². The van der Waals surface area contributed by atoms with Crippen LogP contribution >= 0.6 is 0 Å². The van der Waals surface area contributed by atoms with Gasteiger partial charge in [-0.3, -0.25) is 4.79 Å². The van der Waals surface area contributed by atoms with Crippen molar-refractivity contribution in [2.45, 2.75) is 32.5 Å². The Morgan fingerprint density at radius 1 is 1.59 bits per heavy atom. The topological polar surface area (TPSA) is 72.6 Å². The molecule has 0 bridgehead atoms. The predicted octanol–water partition coefficient (Wildman–Crippen LogP) is 1.52. The average molecular weight is 241 g/mol. The fraction of sp³-hybridized carbons (Fsp3) is 0.417. The Hall–Kier alpha value is -1.62. The van der Waals surface area contributed by atoms with Crippen molar-refractivity contribution in [1.29, 1.82) is 0 Å². The molecule has 1 rings (SSSR count). The summed E-state index contributed by atoms with van der Waals surface area (Å²) in [5.74, 6) is -0.943. The highest BCUT2D eigenvalue weighted by molar-refractivity contribution is 5.79. The Morgan fingerprint density at radius 3 is 2.65 bits per heavy atom. The summed E-state index contributed by atoms with van der Waals surface area (Å²) in [6, 6.07) is 4.05. The highest BCUT2D eigenvalue weighted by atomic mass is 19.1. The number of aliphatic hydroxyl groups excluding tert-OH is 1. The Labute approximate surface area is 99.2 Å². The normalized spacial score (nSPS) is 14.1. The molecule has 4 nitrogen and oxygen atoms in total. The first kappa shape index (κ1) is 13.4. The second-order valence-corrected chi connectivity index (χ2v) is 3.78. The van der Waals surface area contributed by atoms with E-state index in [1.54, 1.807) is 6.92 Å². The van der Waals surface area contributed by atoms with E-state index in [2.05, 4.69) is 0 Å². The molecular formula is C12H16FNO3. The molecule has 5 heteroatoms. The maximum atomic E-state index is 13.5. The lowest BCUT2D eigenvalue weighted by atomic mass is 10.1. The van der Waals surface area contributed by atoms with E-state index in [0.717, 1.165) is 6.07 Å². The van der Waals surface area contributed by atoms with E-state index in [1.165, 1.54) is 19.1 Å². The number of nitrogens with two attached hydrogens (primary N) is 1. The van der Waals surface area contributed by atoms with Crippen LogP contribution in [0.3, 0.4) is 0 Å². The van der Waals surface area contributed by atoms with Crippen molar-refractivity contribution < 1.29 is 19.0 Å². The van der Waals surface area contributed by atoms with Crippen molar-refractivity contribution in [3.63, 3.8) is 0 Å². The summed E-state index contributed by atoms with van der Waals surface area (Å²) in [5.41, 5.74) is 5.30. The van der Waals surface area contributed by atoms with Crippen LogP contribution in [0, 0.1) is 5.82 Å². The summed E-state index contributed by atoms with van der Waals surface area (Å²) in [7, 11) is 0. The van der Waals surface area contributed by atoms with Gasteiger partial charge in [-0.1, -0.05) is 6.92 Å². The van der Waals surface area contributed by atoms with Gasteiger partial charge in [0.2, 0.25) is 0 Å². The van der Waals surface area contributed by atoms with Crippen LogP contribution < -0.4 is 10.5 Å². The van der Waals surface area contributed by atoms with Gasteiger partial charge in [-0.05, 0) is 25.5 Å². The van der Waals surface area contributed by atoms with Gasteiger partial charge in [0, 0.05) is 11.6 Å². The van der Waals surface area contributed by atoms with Gasteiger partial charge in [-0.25, -0.2) is 4.39 Å². The van der Waals surface area contributed by atoms with E-state index in [9.17, 15) is 14.3 Å². The molecule has 0 saturated carbocycles. The lowest BCUT2D eigenvalue weighted by Gasteiger charge is -2.15. The Kier molecular flexibility index (Phi) is 4.45. The number of ether oxygens (including phenoxy) is 1. The maximum absolute atomic E-state index is 13.5. The molecule has 0 radical (unpaired) electrons. The second kappa shape index (κ2) is 5.63. The molecular weight excluding hydrogens is 225 g/mol. The van der Waals surface area contributed by atoms with Crippen LogP contribution in [-0.4, -0.2) is 17.1 Å². The zero-order chi connectivity index (χ0) is 13.0. The average Bonchev–Trinajstić information content (AvgIpc) is 2.24. The molecule has 1 aromatic carbocycles. The summed E-state index contributed by atoms with van der Waals surface area (Å²) in [6.45, 7) is 3.22. The SMILES string of the molecule is CCC(Oc1ccc(C(C)O)c(F)c1)C(N)=O. The number of amides is 1. The second-order valence-electron chi connectivity index (χ2n) is 3.78. The number of aliphatic hydroxyl groups is 1. The van der Waals surface area contributed by atoms with Crippen LogP contribution in [0.4, 0.5) is 4.39 Å². The predicted molar refractivity (Wildman–Crippen MR) is 60.9 cm³/mol. The lowest BCUT2D eigenvalue weighted by Crippen LogP contribution is -2.33. The molecule has 0 aliphatic heterocycles. The molecule has 94 valence electrons. The first-order chi connectivity index (χ1) is 7.95. The quantitative estimate of drug-likeness (QED) is 0.821. The molecule has 0 saturated heterocycles. The van der Waals surface area contributed by atoms with Gasteiger partial charge >= 0.3 is 0 Å². The highest BCUT2D eigenvalue weighted by Gasteiger charge is 2.16. The number of hydrogen-bond acceptors (Lipinski definition) is 3. The molecule has 3 N–H and O–H groups in total. The largest absolute Gasteiger partial charge is 0.481 e. The Balaban J connectivity index is 2.87. The number of hydrogen-bond donors (Lipinski definition) is 2. The van der Waals surface area contributed by atoms with E-state index in [1.807, 2.05) is 0 Å². The van der Waals surface area contributed by atoms with Crippen molar-refractivity contribution in [3.8, 4) is 5.75 Å². The van der Waals surface area contributed by atoms with Crippen LogP contribution in [0.5, 0.6) is 5.75 Å². The first-order valence-corrected chi connectivity index (χ1v) is 5.39. The monoisotopic (exact) mass is 241 g/mol. The molecule has 0 fully saturated rings.